The van der Waals surface area contributed by atoms with Crippen molar-refractivity contribution in [1.82, 2.24) is 4.90 Å². The number of hydrogen-bond acceptors (Lipinski definition) is 3. The van der Waals surface area contributed by atoms with Crippen molar-refractivity contribution in [1.29, 1.82) is 0 Å². The molecule has 0 radical (unpaired) electrons. The zero-order valence-electron chi connectivity index (χ0n) is 17.8. The number of amides is 1. The second-order valence-electron chi connectivity index (χ2n) is 8.07. The molecule has 1 N–H and O–H groups in total. The molecule has 0 unspecified atom stereocenters. The van der Waals surface area contributed by atoms with Crippen molar-refractivity contribution >= 4 is 34.8 Å². The minimum atomic E-state index is 0.0148. The Morgan fingerprint density at radius 2 is 1.69 bits per heavy atom. The Morgan fingerprint density at radius 1 is 0.969 bits per heavy atom. The smallest absolute Gasteiger partial charge is 0.227 e. The van der Waals surface area contributed by atoms with E-state index in [1.807, 2.05) is 66.7 Å². The van der Waals surface area contributed by atoms with Gasteiger partial charge in [0, 0.05) is 28.2 Å². The van der Waals surface area contributed by atoms with E-state index in [1.165, 1.54) is 0 Å². The first-order chi connectivity index (χ1) is 15.6. The fourth-order valence-electron chi connectivity index (χ4n) is 3.86. The molecule has 1 amide bonds. The van der Waals surface area contributed by atoms with Crippen LogP contribution in [0.1, 0.15) is 24.0 Å². The number of nitrogens with zero attached hydrogens (tertiary/aromatic N) is 1. The lowest BCUT2D eigenvalue weighted by molar-refractivity contribution is -0.121. The van der Waals surface area contributed by atoms with Crippen LogP contribution in [-0.4, -0.2) is 23.9 Å². The van der Waals surface area contributed by atoms with Crippen LogP contribution < -0.4 is 10.1 Å². The van der Waals surface area contributed by atoms with E-state index in [1.54, 1.807) is 6.07 Å². The molecule has 1 fully saturated rings. The number of hydrogen-bond donors (Lipinski definition) is 1. The predicted octanol–water partition coefficient (Wildman–Crippen LogP) is 6.42. The number of anilines is 1. The van der Waals surface area contributed by atoms with E-state index in [0.717, 1.165) is 55.0 Å². The highest BCUT2D eigenvalue weighted by Crippen LogP contribution is 2.26. The summed E-state index contributed by atoms with van der Waals surface area (Å²) in [4.78, 5) is 15.1. The van der Waals surface area contributed by atoms with E-state index in [2.05, 4.69) is 10.2 Å². The summed E-state index contributed by atoms with van der Waals surface area (Å²) in [5.41, 5.74) is 2.97. The first kappa shape index (κ1) is 22.7. The molecule has 0 atom stereocenters. The van der Waals surface area contributed by atoms with Crippen molar-refractivity contribution in [3.8, 4) is 5.75 Å². The molecule has 3 aromatic rings. The molecule has 0 spiro atoms. The second kappa shape index (κ2) is 10.9. The van der Waals surface area contributed by atoms with Crippen molar-refractivity contribution in [3.05, 3.63) is 94.0 Å². The normalized spacial score (nSPS) is 14.8. The van der Waals surface area contributed by atoms with E-state index in [9.17, 15) is 4.79 Å². The van der Waals surface area contributed by atoms with Gasteiger partial charge in [0.05, 0.1) is 0 Å². The molecule has 6 heteroatoms. The highest BCUT2D eigenvalue weighted by molar-refractivity contribution is 6.35. The third-order valence-electron chi connectivity index (χ3n) is 5.74. The van der Waals surface area contributed by atoms with Crippen molar-refractivity contribution < 1.29 is 9.53 Å². The van der Waals surface area contributed by atoms with Crippen LogP contribution in [0.3, 0.4) is 0 Å². The van der Waals surface area contributed by atoms with Crippen LogP contribution in [0.15, 0.2) is 72.8 Å². The molecule has 32 heavy (non-hydrogen) atoms. The predicted molar refractivity (Wildman–Crippen MR) is 130 cm³/mol. The van der Waals surface area contributed by atoms with Gasteiger partial charge in [-0.15, -0.1) is 0 Å². The van der Waals surface area contributed by atoms with Crippen molar-refractivity contribution in [2.45, 2.75) is 26.0 Å². The molecule has 1 aliphatic heterocycles. The van der Waals surface area contributed by atoms with Crippen LogP contribution in [-0.2, 0) is 17.9 Å². The topological polar surface area (TPSA) is 41.6 Å². The summed E-state index contributed by atoms with van der Waals surface area (Å²) in [5.74, 6) is 0.870. The summed E-state index contributed by atoms with van der Waals surface area (Å²) in [6.07, 6.45) is 1.66. The minimum Gasteiger partial charge on any atom is -0.489 e. The molecular weight excluding hydrogens is 443 g/mol. The maximum absolute atomic E-state index is 12.7. The molecule has 4 nitrogen and oxygen atoms in total. The SMILES string of the molecule is O=C(Nc1ccc(OCc2ccccc2)cc1)C1CCN(Cc2ccc(Cl)cc2Cl)CC1. The molecule has 166 valence electrons. The van der Waals surface area contributed by atoms with Gasteiger partial charge in [-0.2, -0.15) is 0 Å². The van der Waals surface area contributed by atoms with Gasteiger partial charge in [0.15, 0.2) is 0 Å². The highest BCUT2D eigenvalue weighted by Gasteiger charge is 2.25. The van der Waals surface area contributed by atoms with Gasteiger partial charge in [-0.25, -0.2) is 0 Å². The number of halogens is 2. The first-order valence-corrected chi connectivity index (χ1v) is 11.6. The molecule has 0 bridgehead atoms. The maximum Gasteiger partial charge on any atom is 0.227 e. The summed E-state index contributed by atoms with van der Waals surface area (Å²) < 4.78 is 5.81. The molecule has 0 aromatic heterocycles. The van der Waals surface area contributed by atoms with Crippen LogP contribution in [0.25, 0.3) is 0 Å². The molecule has 0 saturated carbocycles. The van der Waals surface area contributed by atoms with Crippen LogP contribution >= 0.6 is 23.2 Å². The Hall–Kier alpha value is -2.53. The summed E-state index contributed by atoms with van der Waals surface area (Å²) in [7, 11) is 0. The number of carbonyl (C=O) groups excluding carboxylic acids is 1. The number of likely N-dealkylation sites (tertiary alicyclic amines) is 1. The summed E-state index contributed by atoms with van der Waals surface area (Å²) >= 11 is 12.3. The number of ether oxygens (including phenoxy) is 1. The van der Waals surface area contributed by atoms with Crippen molar-refractivity contribution in [2.24, 2.45) is 5.92 Å². The van der Waals surface area contributed by atoms with Gasteiger partial charge in [-0.3, -0.25) is 9.69 Å². The Balaban J connectivity index is 1.23. The number of benzene rings is 3. The largest absolute Gasteiger partial charge is 0.489 e. The van der Waals surface area contributed by atoms with E-state index < -0.39 is 0 Å². The number of carbonyl (C=O) groups is 1. The quantitative estimate of drug-likeness (QED) is 0.434. The molecule has 1 aliphatic rings. The van der Waals surface area contributed by atoms with Crippen LogP contribution in [0, 0.1) is 5.92 Å². The van der Waals surface area contributed by atoms with Crippen molar-refractivity contribution in [2.75, 3.05) is 18.4 Å². The zero-order chi connectivity index (χ0) is 22.3. The van der Waals surface area contributed by atoms with Crippen LogP contribution in [0.2, 0.25) is 10.0 Å². The highest BCUT2D eigenvalue weighted by atomic mass is 35.5. The van der Waals surface area contributed by atoms with E-state index >= 15 is 0 Å². The molecular formula is C26H26Cl2N2O2. The molecule has 0 aliphatic carbocycles. The monoisotopic (exact) mass is 468 g/mol. The third-order valence-corrected chi connectivity index (χ3v) is 6.32. The number of piperidine rings is 1. The summed E-state index contributed by atoms with van der Waals surface area (Å²) in [5, 5.41) is 4.38. The van der Waals surface area contributed by atoms with Gasteiger partial charge in [0.25, 0.3) is 0 Å². The fourth-order valence-corrected chi connectivity index (χ4v) is 4.33. The molecule has 4 rings (SSSR count). The Morgan fingerprint density at radius 3 is 2.38 bits per heavy atom. The third kappa shape index (κ3) is 6.26. The van der Waals surface area contributed by atoms with Crippen molar-refractivity contribution in [3.63, 3.8) is 0 Å². The zero-order valence-corrected chi connectivity index (χ0v) is 19.3. The van der Waals surface area contributed by atoms with E-state index in [4.69, 9.17) is 27.9 Å². The average Bonchev–Trinajstić information content (AvgIpc) is 2.81. The fraction of sp³-hybridized carbons (Fsp3) is 0.269. The lowest BCUT2D eigenvalue weighted by Gasteiger charge is -2.31. The molecule has 1 saturated heterocycles. The summed E-state index contributed by atoms with van der Waals surface area (Å²) in [6, 6.07) is 23.2. The maximum atomic E-state index is 12.7. The lowest BCUT2D eigenvalue weighted by atomic mass is 9.95. The van der Waals surface area contributed by atoms with Crippen LogP contribution in [0.5, 0.6) is 5.75 Å². The first-order valence-electron chi connectivity index (χ1n) is 10.8. The Kier molecular flexibility index (Phi) is 7.69. The average molecular weight is 469 g/mol. The Labute approximate surface area is 199 Å². The molecule has 3 aromatic carbocycles. The van der Waals surface area contributed by atoms with Gasteiger partial charge in [0.2, 0.25) is 5.91 Å². The standard InChI is InChI=1S/C26H26Cl2N2O2/c27-22-7-6-21(25(28)16-22)17-30-14-12-20(13-15-30)26(31)29-23-8-10-24(11-9-23)32-18-19-4-2-1-3-5-19/h1-11,16,20H,12-15,17-18H2,(H,29,31). The Bertz CT molecular complexity index is 1030. The minimum absolute atomic E-state index is 0.0148. The van der Waals surface area contributed by atoms with E-state index in [0.29, 0.717) is 16.7 Å². The van der Waals surface area contributed by atoms with Crippen LogP contribution in [0.4, 0.5) is 5.69 Å². The van der Waals surface area contributed by atoms with Gasteiger partial charge in [-0.1, -0.05) is 59.6 Å². The van der Waals surface area contributed by atoms with Gasteiger partial charge in [0.1, 0.15) is 12.4 Å². The number of nitrogens with one attached hydrogen (secondary N) is 1. The lowest BCUT2D eigenvalue weighted by Crippen LogP contribution is -2.37. The van der Waals surface area contributed by atoms with Gasteiger partial charge >= 0.3 is 0 Å². The summed E-state index contributed by atoms with van der Waals surface area (Å²) in [6.45, 7) is 3.02. The second-order valence-corrected chi connectivity index (χ2v) is 8.92. The molecule has 1 heterocycles. The van der Waals surface area contributed by atoms with E-state index in [-0.39, 0.29) is 11.8 Å². The number of rotatable bonds is 7. The van der Waals surface area contributed by atoms with Gasteiger partial charge in [-0.05, 0) is 73.5 Å². The van der Waals surface area contributed by atoms with Gasteiger partial charge < -0.3 is 10.1 Å².